The van der Waals surface area contributed by atoms with Crippen LogP contribution in [0.2, 0.25) is 0 Å². The van der Waals surface area contributed by atoms with Gasteiger partial charge in [-0.1, -0.05) is 18.2 Å². The van der Waals surface area contributed by atoms with Crippen LogP contribution >= 0.6 is 0 Å². The van der Waals surface area contributed by atoms with E-state index in [1.54, 1.807) is 31.2 Å². The summed E-state index contributed by atoms with van der Waals surface area (Å²) in [6.45, 7) is 3.88. The van der Waals surface area contributed by atoms with Gasteiger partial charge >= 0.3 is 0 Å². The van der Waals surface area contributed by atoms with E-state index in [-0.39, 0.29) is 30.3 Å². The highest BCUT2D eigenvalue weighted by molar-refractivity contribution is 5.91. The Morgan fingerprint density at radius 3 is 2.53 bits per heavy atom. The van der Waals surface area contributed by atoms with Crippen molar-refractivity contribution in [2.45, 2.75) is 38.8 Å². The van der Waals surface area contributed by atoms with Crippen LogP contribution < -0.4 is 4.74 Å². The summed E-state index contributed by atoms with van der Waals surface area (Å²) in [5, 5.41) is 0. The lowest BCUT2D eigenvalue weighted by molar-refractivity contribution is -0.130. The van der Waals surface area contributed by atoms with Crippen molar-refractivity contribution >= 4 is 11.8 Å². The highest BCUT2D eigenvalue weighted by Crippen LogP contribution is 2.37. The minimum atomic E-state index is -0.313. The fraction of sp³-hybridized carbons (Fsp3) is 0.333. The van der Waals surface area contributed by atoms with Gasteiger partial charge in [0.25, 0.3) is 5.91 Å². The van der Waals surface area contributed by atoms with Gasteiger partial charge < -0.3 is 19.0 Å². The molecule has 1 unspecified atom stereocenters. The van der Waals surface area contributed by atoms with Gasteiger partial charge in [-0.15, -0.1) is 0 Å². The van der Waals surface area contributed by atoms with Crippen molar-refractivity contribution in [1.29, 1.82) is 0 Å². The number of carbonyl (C=O) groups is 2. The van der Waals surface area contributed by atoms with Gasteiger partial charge in [0.2, 0.25) is 5.91 Å². The Hall–Kier alpha value is -3.61. The number of furan rings is 1. The summed E-state index contributed by atoms with van der Waals surface area (Å²) in [5.41, 5.74) is 2.95. The molecule has 3 heterocycles. The quantitative estimate of drug-likeness (QED) is 0.550. The number of halogens is 1. The van der Waals surface area contributed by atoms with Crippen LogP contribution in [-0.2, 0) is 17.8 Å². The van der Waals surface area contributed by atoms with E-state index < -0.39 is 0 Å². The molecule has 6 nitrogen and oxygen atoms in total. The molecule has 2 aromatic carbocycles. The molecule has 34 heavy (non-hydrogen) atoms. The van der Waals surface area contributed by atoms with Crippen LogP contribution in [0.3, 0.4) is 0 Å². The van der Waals surface area contributed by atoms with Gasteiger partial charge in [-0.05, 0) is 72.4 Å². The number of amides is 2. The SMILES string of the molecule is CC(=O)N1CCc2ccc(OCc3ccc(C(=O)N4CCCC4)o3)cc2C1c1ccc(F)cc1. The molecule has 5 rings (SSSR count). The van der Waals surface area contributed by atoms with Gasteiger partial charge in [0.05, 0.1) is 6.04 Å². The summed E-state index contributed by atoms with van der Waals surface area (Å²) >= 11 is 0. The monoisotopic (exact) mass is 462 g/mol. The number of benzene rings is 2. The number of fused-ring (bicyclic) bond motifs is 1. The molecule has 0 bridgehead atoms. The zero-order valence-electron chi connectivity index (χ0n) is 19.1. The zero-order chi connectivity index (χ0) is 23.7. The predicted molar refractivity (Wildman–Crippen MR) is 124 cm³/mol. The first-order chi connectivity index (χ1) is 16.5. The van der Waals surface area contributed by atoms with Crippen molar-refractivity contribution in [3.05, 3.63) is 88.6 Å². The summed E-state index contributed by atoms with van der Waals surface area (Å²) in [7, 11) is 0. The molecule has 2 aliphatic heterocycles. The highest BCUT2D eigenvalue weighted by atomic mass is 19.1. The van der Waals surface area contributed by atoms with E-state index in [1.165, 1.54) is 12.1 Å². The molecule has 2 amide bonds. The van der Waals surface area contributed by atoms with E-state index in [0.717, 1.165) is 49.0 Å². The van der Waals surface area contributed by atoms with Gasteiger partial charge in [-0.2, -0.15) is 0 Å². The molecule has 0 N–H and O–H groups in total. The Labute approximate surface area is 197 Å². The van der Waals surface area contributed by atoms with Gasteiger partial charge in [-0.25, -0.2) is 4.39 Å². The molecule has 3 aromatic rings. The van der Waals surface area contributed by atoms with Crippen LogP contribution in [0.4, 0.5) is 4.39 Å². The topological polar surface area (TPSA) is 63.0 Å². The fourth-order valence-corrected chi connectivity index (χ4v) is 4.83. The number of ether oxygens (including phenoxy) is 1. The highest BCUT2D eigenvalue weighted by Gasteiger charge is 2.31. The first kappa shape index (κ1) is 22.2. The predicted octanol–water partition coefficient (Wildman–Crippen LogP) is 4.73. The molecular formula is C27H27FN2O4. The standard InChI is InChI=1S/C27H27FN2O4/c1-18(31)30-15-12-19-6-9-22(16-24(19)26(30)20-4-7-21(28)8-5-20)33-17-23-10-11-25(34-23)27(32)29-13-2-3-14-29/h4-11,16,26H,2-3,12-15,17H2,1H3. The third-order valence-electron chi connectivity index (χ3n) is 6.58. The molecule has 1 aromatic heterocycles. The number of hydrogen-bond donors (Lipinski definition) is 0. The van der Waals surface area contributed by atoms with Gasteiger partial charge in [0, 0.05) is 26.6 Å². The Morgan fingerprint density at radius 2 is 1.79 bits per heavy atom. The van der Waals surface area contributed by atoms with Crippen LogP contribution in [0.15, 0.2) is 59.0 Å². The third-order valence-corrected chi connectivity index (χ3v) is 6.58. The number of rotatable bonds is 5. The first-order valence-corrected chi connectivity index (χ1v) is 11.7. The lowest BCUT2D eigenvalue weighted by Gasteiger charge is -2.37. The number of nitrogens with zero attached hydrogens (tertiary/aromatic N) is 2. The second kappa shape index (κ2) is 9.33. The van der Waals surface area contributed by atoms with E-state index >= 15 is 0 Å². The third kappa shape index (κ3) is 4.42. The maximum Gasteiger partial charge on any atom is 0.289 e. The minimum absolute atomic E-state index is 0.0305. The molecule has 0 saturated carbocycles. The molecule has 0 spiro atoms. The second-order valence-corrected chi connectivity index (χ2v) is 8.83. The average molecular weight is 463 g/mol. The van der Waals surface area contributed by atoms with E-state index in [0.29, 0.717) is 23.8 Å². The molecule has 1 fully saturated rings. The van der Waals surface area contributed by atoms with Crippen molar-refractivity contribution in [3.8, 4) is 5.75 Å². The Morgan fingerprint density at radius 1 is 1.03 bits per heavy atom. The first-order valence-electron chi connectivity index (χ1n) is 11.7. The maximum atomic E-state index is 13.5. The molecule has 176 valence electrons. The van der Waals surface area contributed by atoms with Crippen molar-refractivity contribution in [3.63, 3.8) is 0 Å². The molecule has 1 atom stereocenters. The summed E-state index contributed by atoms with van der Waals surface area (Å²) in [6.07, 6.45) is 2.80. The van der Waals surface area contributed by atoms with Gasteiger partial charge in [0.1, 0.15) is 23.9 Å². The number of hydrogen-bond acceptors (Lipinski definition) is 4. The molecule has 7 heteroatoms. The summed E-state index contributed by atoms with van der Waals surface area (Å²) in [4.78, 5) is 28.5. The number of carbonyl (C=O) groups excluding carboxylic acids is 2. The second-order valence-electron chi connectivity index (χ2n) is 8.83. The van der Waals surface area contributed by atoms with E-state index in [1.807, 2.05) is 28.0 Å². The van der Waals surface area contributed by atoms with Gasteiger partial charge in [0.15, 0.2) is 5.76 Å². The normalized spacial score (nSPS) is 17.5. The number of likely N-dealkylation sites (tertiary alicyclic amines) is 1. The lowest BCUT2D eigenvalue weighted by atomic mass is 9.88. The maximum absolute atomic E-state index is 13.5. The summed E-state index contributed by atoms with van der Waals surface area (Å²) < 4.78 is 25.3. The Bertz CT molecular complexity index is 1200. The average Bonchev–Trinajstić information content (AvgIpc) is 3.55. The summed E-state index contributed by atoms with van der Waals surface area (Å²) in [5.74, 6) is 1.12. The minimum Gasteiger partial charge on any atom is -0.486 e. The summed E-state index contributed by atoms with van der Waals surface area (Å²) in [6, 6.07) is 15.3. The van der Waals surface area contributed by atoms with Crippen molar-refractivity contribution < 1.29 is 23.1 Å². The van der Waals surface area contributed by atoms with E-state index in [9.17, 15) is 14.0 Å². The van der Waals surface area contributed by atoms with E-state index in [4.69, 9.17) is 9.15 Å². The molecule has 1 saturated heterocycles. The van der Waals surface area contributed by atoms with Crippen LogP contribution in [0.25, 0.3) is 0 Å². The van der Waals surface area contributed by atoms with Crippen molar-refractivity contribution in [1.82, 2.24) is 9.80 Å². The van der Waals surface area contributed by atoms with Crippen LogP contribution in [0.5, 0.6) is 5.75 Å². The Kier molecular flexibility index (Phi) is 6.09. The van der Waals surface area contributed by atoms with E-state index in [2.05, 4.69) is 0 Å². The Balaban J connectivity index is 1.35. The van der Waals surface area contributed by atoms with Crippen LogP contribution in [0, 0.1) is 5.82 Å². The molecule has 0 radical (unpaired) electrons. The zero-order valence-corrected chi connectivity index (χ0v) is 19.1. The molecule has 2 aliphatic rings. The van der Waals surface area contributed by atoms with Crippen LogP contribution in [0.1, 0.15) is 58.8 Å². The molecular weight excluding hydrogens is 435 g/mol. The van der Waals surface area contributed by atoms with Crippen molar-refractivity contribution in [2.24, 2.45) is 0 Å². The van der Waals surface area contributed by atoms with Crippen LogP contribution in [-0.4, -0.2) is 41.2 Å². The fourth-order valence-electron chi connectivity index (χ4n) is 4.83. The lowest BCUT2D eigenvalue weighted by Crippen LogP contribution is -2.39. The van der Waals surface area contributed by atoms with Gasteiger partial charge in [-0.3, -0.25) is 9.59 Å². The van der Waals surface area contributed by atoms with Crippen molar-refractivity contribution in [2.75, 3.05) is 19.6 Å². The molecule has 0 aliphatic carbocycles. The smallest absolute Gasteiger partial charge is 0.289 e. The largest absolute Gasteiger partial charge is 0.486 e.